The summed E-state index contributed by atoms with van der Waals surface area (Å²) in [6.07, 6.45) is 1.11. The molecule has 120 valence electrons. The Hall–Kier alpha value is -1.56. The number of furan rings is 1. The number of hydrogen-bond donors (Lipinski definition) is 2. The highest BCUT2D eigenvalue weighted by atomic mass is 35.5. The Labute approximate surface area is 135 Å². The van der Waals surface area contributed by atoms with Gasteiger partial charge in [-0.2, -0.15) is 0 Å². The third kappa shape index (κ3) is 3.11. The molecule has 0 aliphatic carbocycles. The Kier molecular flexibility index (Phi) is 5.11. The van der Waals surface area contributed by atoms with E-state index in [2.05, 4.69) is 5.32 Å². The Morgan fingerprint density at radius 3 is 2.68 bits per heavy atom. The van der Waals surface area contributed by atoms with Crippen molar-refractivity contribution in [1.82, 2.24) is 5.32 Å². The fraction of sp³-hybridized carbons (Fsp3) is 0.438. The molecule has 1 amide bonds. The maximum atomic E-state index is 12.3. The van der Waals surface area contributed by atoms with Crippen LogP contribution < -0.4 is 11.1 Å². The highest BCUT2D eigenvalue weighted by Gasteiger charge is 2.35. The number of aryl methyl sites for hydroxylation is 1. The molecule has 0 atom stereocenters. The van der Waals surface area contributed by atoms with Gasteiger partial charge in [0.05, 0.1) is 12.1 Å². The Balaban J connectivity index is 0.00000176. The monoisotopic (exact) mass is 324 g/mol. The molecule has 1 fully saturated rings. The first-order valence-electron chi connectivity index (χ1n) is 7.22. The molecule has 2 heterocycles. The van der Waals surface area contributed by atoms with Crippen molar-refractivity contribution in [2.24, 2.45) is 5.73 Å². The lowest BCUT2D eigenvalue weighted by Crippen LogP contribution is -2.56. The molecule has 22 heavy (non-hydrogen) atoms. The molecule has 1 aromatic heterocycles. The molecule has 1 aliphatic heterocycles. The van der Waals surface area contributed by atoms with Crippen LogP contribution in [0.2, 0.25) is 0 Å². The van der Waals surface area contributed by atoms with Crippen LogP contribution in [0.1, 0.15) is 24.2 Å². The summed E-state index contributed by atoms with van der Waals surface area (Å²) in [6, 6.07) is 7.85. The molecule has 3 rings (SSSR count). The minimum atomic E-state index is -0.821. The smallest absolute Gasteiger partial charge is 0.240 e. The van der Waals surface area contributed by atoms with Crippen LogP contribution in [0.25, 0.3) is 11.0 Å². The Morgan fingerprint density at radius 2 is 2.00 bits per heavy atom. The van der Waals surface area contributed by atoms with Crippen molar-refractivity contribution in [3.05, 3.63) is 35.6 Å². The van der Waals surface area contributed by atoms with E-state index in [0.29, 0.717) is 32.6 Å². The zero-order valence-electron chi connectivity index (χ0n) is 12.6. The lowest BCUT2D eigenvalue weighted by atomic mass is 9.90. The predicted octanol–water partition coefficient (Wildman–Crippen LogP) is 2.29. The fourth-order valence-electron chi connectivity index (χ4n) is 2.69. The molecule has 0 bridgehead atoms. The zero-order valence-corrected chi connectivity index (χ0v) is 13.4. The number of fused-ring (bicyclic) bond motifs is 1. The standard InChI is InChI=1S/C16H20N2O3.ClH/c1-11-12-4-2-3-5-13(12)21-14(11)10-18-15(19)16(17)6-8-20-9-7-16;/h2-5H,6-10,17H2,1H3,(H,18,19);1H. The first-order chi connectivity index (χ1) is 10.1. The molecule has 0 unspecified atom stereocenters. The van der Waals surface area contributed by atoms with Crippen molar-refractivity contribution < 1.29 is 13.9 Å². The van der Waals surface area contributed by atoms with Crippen LogP contribution in [-0.2, 0) is 16.1 Å². The predicted molar refractivity (Wildman–Crippen MR) is 87.0 cm³/mol. The number of amides is 1. The van der Waals surface area contributed by atoms with Gasteiger partial charge in [-0.05, 0) is 25.8 Å². The van der Waals surface area contributed by atoms with Gasteiger partial charge in [0.15, 0.2) is 0 Å². The van der Waals surface area contributed by atoms with Crippen molar-refractivity contribution >= 4 is 29.3 Å². The zero-order chi connectivity index (χ0) is 14.9. The molecule has 0 spiro atoms. The van der Waals surface area contributed by atoms with Crippen LogP contribution in [0.5, 0.6) is 0 Å². The number of nitrogens with one attached hydrogen (secondary N) is 1. The van der Waals surface area contributed by atoms with Gasteiger partial charge in [-0.15, -0.1) is 12.4 Å². The second-order valence-electron chi connectivity index (χ2n) is 5.60. The van der Waals surface area contributed by atoms with E-state index in [4.69, 9.17) is 14.9 Å². The molecule has 0 saturated carbocycles. The van der Waals surface area contributed by atoms with Gasteiger partial charge in [0.25, 0.3) is 0 Å². The van der Waals surface area contributed by atoms with Gasteiger partial charge in [-0.1, -0.05) is 18.2 Å². The Bertz CT molecular complexity index is 662. The number of halogens is 1. The minimum Gasteiger partial charge on any atom is -0.459 e. The molecule has 3 N–H and O–H groups in total. The number of benzene rings is 1. The summed E-state index contributed by atoms with van der Waals surface area (Å²) in [7, 11) is 0. The average molecular weight is 325 g/mol. The molecule has 6 heteroatoms. The normalized spacial score (nSPS) is 17.0. The number of para-hydroxylation sites is 1. The van der Waals surface area contributed by atoms with Gasteiger partial charge in [-0.25, -0.2) is 0 Å². The van der Waals surface area contributed by atoms with Crippen LogP contribution in [-0.4, -0.2) is 24.7 Å². The minimum absolute atomic E-state index is 0. The number of carbonyl (C=O) groups excluding carboxylic acids is 1. The van der Waals surface area contributed by atoms with E-state index >= 15 is 0 Å². The third-order valence-corrected chi connectivity index (χ3v) is 4.19. The van der Waals surface area contributed by atoms with Crippen LogP contribution in [0, 0.1) is 6.92 Å². The van der Waals surface area contributed by atoms with E-state index in [1.54, 1.807) is 0 Å². The Morgan fingerprint density at radius 1 is 1.32 bits per heavy atom. The summed E-state index contributed by atoms with van der Waals surface area (Å²) in [4.78, 5) is 12.3. The van der Waals surface area contributed by atoms with E-state index < -0.39 is 5.54 Å². The van der Waals surface area contributed by atoms with Crippen molar-refractivity contribution in [2.45, 2.75) is 31.8 Å². The first-order valence-corrected chi connectivity index (χ1v) is 7.22. The van der Waals surface area contributed by atoms with E-state index in [0.717, 1.165) is 22.3 Å². The summed E-state index contributed by atoms with van der Waals surface area (Å²) in [5.74, 6) is 0.644. The SMILES string of the molecule is Cc1c(CNC(=O)C2(N)CCOCC2)oc2ccccc12.Cl. The molecule has 1 saturated heterocycles. The highest BCUT2D eigenvalue weighted by Crippen LogP contribution is 2.25. The summed E-state index contributed by atoms with van der Waals surface area (Å²) in [5, 5.41) is 3.98. The van der Waals surface area contributed by atoms with Crippen LogP contribution in [0.15, 0.2) is 28.7 Å². The topological polar surface area (TPSA) is 77.5 Å². The van der Waals surface area contributed by atoms with Crippen LogP contribution >= 0.6 is 12.4 Å². The van der Waals surface area contributed by atoms with E-state index in [1.165, 1.54) is 0 Å². The van der Waals surface area contributed by atoms with Gasteiger partial charge in [0.1, 0.15) is 11.3 Å². The number of ether oxygens (including phenoxy) is 1. The summed E-state index contributed by atoms with van der Waals surface area (Å²) in [5.41, 5.74) is 7.24. The van der Waals surface area contributed by atoms with Gasteiger partial charge >= 0.3 is 0 Å². The molecule has 2 aromatic rings. The van der Waals surface area contributed by atoms with Crippen LogP contribution in [0.4, 0.5) is 0 Å². The quantitative estimate of drug-likeness (QED) is 0.908. The molecular weight excluding hydrogens is 304 g/mol. The van der Waals surface area contributed by atoms with E-state index in [1.807, 2.05) is 31.2 Å². The number of carbonyl (C=O) groups is 1. The largest absolute Gasteiger partial charge is 0.459 e. The molecule has 0 radical (unpaired) electrons. The number of nitrogens with two attached hydrogens (primary N) is 1. The number of rotatable bonds is 3. The summed E-state index contributed by atoms with van der Waals surface area (Å²) < 4.78 is 11.0. The number of hydrogen-bond acceptors (Lipinski definition) is 4. The second-order valence-corrected chi connectivity index (χ2v) is 5.60. The van der Waals surface area contributed by atoms with Gasteiger partial charge in [0.2, 0.25) is 5.91 Å². The first kappa shape index (κ1) is 16.8. The lowest BCUT2D eigenvalue weighted by molar-refractivity contribution is -0.130. The summed E-state index contributed by atoms with van der Waals surface area (Å²) in [6.45, 7) is 3.43. The average Bonchev–Trinajstić information content (AvgIpc) is 2.82. The molecular formula is C16H21ClN2O3. The van der Waals surface area contributed by atoms with E-state index in [-0.39, 0.29) is 18.3 Å². The molecule has 1 aromatic carbocycles. The third-order valence-electron chi connectivity index (χ3n) is 4.19. The highest BCUT2D eigenvalue weighted by molar-refractivity contribution is 5.86. The maximum absolute atomic E-state index is 12.3. The molecule has 5 nitrogen and oxygen atoms in total. The van der Waals surface area contributed by atoms with Gasteiger partial charge < -0.3 is 20.2 Å². The molecule has 1 aliphatic rings. The van der Waals surface area contributed by atoms with Crippen molar-refractivity contribution in [3.8, 4) is 0 Å². The van der Waals surface area contributed by atoms with Gasteiger partial charge in [0, 0.05) is 24.2 Å². The maximum Gasteiger partial charge on any atom is 0.240 e. The fourth-order valence-corrected chi connectivity index (χ4v) is 2.69. The van der Waals surface area contributed by atoms with E-state index in [9.17, 15) is 4.79 Å². The van der Waals surface area contributed by atoms with Crippen LogP contribution in [0.3, 0.4) is 0 Å². The van der Waals surface area contributed by atoms with Crippen molar-refractivity contribution in [3.63, 3.8) is 0 Å². The van der Waals surface area contributed by atoms with Crippen molar-refractivity contribution in [2.75, 3.05) is 13.2 Å². The van der Waals surface area contributed by atoms with Gasteiger partial charge in [-0.3, -0.25) is 4.79 Å². The lowest BCUT2D eigenvalue weighted by Gasteiger charge is -2.31. The second kappa shape index (κ2) is 6.69. The summed E-state index contributed by atoms with van der Waals surface area (Å²) >= 11 is 0. The van der Waals surface area contributed by atoms with Crippen molar-refractivity contribution in [1.29, 1.82) is 0 Å².